The first-order valence-corrected chi connectivity index (χ1v) is 12.8. The van der Waals surface area contributed by atoms with Crippen molar-refractivity contribution >= 4 is 21.6 Å². The van der Waals surface area contributed by atoms with Gasteiger partial charge in [-0.1, -0.05) is 6.07 Å². The Hall–Kier alpha value is -2.49. The van der Waals surface area contributed by atoms with E-state index < -0.39 is 10.0 Å². The van der Waals surface area contributed by atoms with Gasteiger partial charge in [-0.05, 0) is 55.8 Å². The molecule has 0 saturated carbocycles. The highest BCUT2D eigenvalue weighted by Gasteiger charge is 2.30. The number of piperazine rings is 1. The Kier molecular flexibility index (Phi) is 7.31. The maximum absolute atomic E-state index is 13.3. The lowest BCUT2D eigenvalue weighted by molar-refractivity contribution is 0.0730. The van der Waals surface area contributed by atoms with E-state index in [4.69, 9.17) is 4.74 Å². The van der Waals surface area contributed by atoms with Crippen molar-refractivity contribution in [2.75, 3.05) is 57.4 Å². The molecular weight excluding hydrogens is 445 g/mol. The maximum atomic E-state index is 13.3. The molecule has 0 spiro atoms. The maximum Gasteiger partial charge on any atom is 0.253 e. The highest BCUT2D eigenvalue weighted by molar-refractivity contribution is 7.89. The molecule has 178 valence electrons. The molecule has 0 bridgehead atoms. The average Bonchev–Trinajstić information content (AvgIpc) is 3.36. The predicted molar refractivity (Wildman–Crippen MR) is 124 cm³/mol. The van der Waals surface area contributed by atoms with Crippen molar-refractivity contribution in [1.29, 1.82) is 0 Å². The molecule has 2 aromatic carbocycles. The second-order valence-corrected chi connectivity index (χ2v) is 10.4. The van der Waals surface area contributed by atoms with Crippen LogP contribution in [0.5, 0.6) is 0 Å². The summed E-state index contributed by atoms with van der Waals surface area (Å²) in [6, 6.07) is 12.5. The lowest BCUT2D eigenvalue weighted by atomic mass is 10.1. The van der Waals surface area contributed by atoms with Gasteiger partial charge in [-0.2, -0.15) is 4.31 Å². The Bertz CT molecular complexity index is 1060. The van der Waals surface area contributed by atoms with Crippen molar-refractivity contribution in [2.24, 2.45) is 5.92 Å². The van der Waals surface area contributed by atoms with E-state index in [1.807, 2.05) is 11.8 Å². The zero-order valence-electron chi connectivity index (χ0n) is 18.8. The standard InChI is InChI=1S/C24H30FN3O4S/c1-2-26(17-19-10-15-32-18-19)24(29)20-4-3-5-23(16-20)33(30,31)28-13-11-27(12-14-28)22-8-6-21(25)7-9-22/h3-9,16,19H,2,10-15,17-18H2,1H3. The van der Waals surface area contributed by atoms with Crippen LogP contribution in [0.15, 0.2) is 53.4 Å². The van der Waals surface area contributed by atoms with Gasteiger partial charge in [-0.25, -0.2) is 12.8 Å². The highest BCUT2D eigenvalue weighted by Crippen LogP contribution is 2.23. The number of hydrogen-bond acceptors (Lipinski definition) is 5. The van der Waals surface area contributed by atoms with E-state index in [-0.39, 0.29) is 16.6 Å². The molecule has 0 aliphatic carbocycles. The van der Waals surface area contributed by atoms with Gasteiger partial charge in [0, 0.05) is 63.0 Å². The highest BCUT2D eigenvalue weighted by atomic mass is 32.2. The molecule has 2 aromatic rings. The van der Waals surface area contributed by atoms with Gasteiger partial charge in [-0.3, -0.25) is 4.79 Å². The van der Waals surface area contributed by atoms with E-state index in [0.717, 1.165) is 18.7 Å². The lowest BCUT2D eigenvalue weighted by Gasteiger charge is -2.35. The Labute approximate surface area is 194 Å². The smallest absolute Gasteiger partial charge is 0.253 e. The van der Waals surface area contributed by atoms with E-state index in [2.05, 4.69) is 0 Å². The fraction of sp³-hybridized carbons (Fsp3) is 0.458. The van der Waals surface area contributed by atoms with E-state index in [9.17, 15) is 17.6 Å². The van der Waals surface area contributed by atoms with Crippen LogP contribution in [-0.4, -0.2) is 76.0 Å². The topological polar surface area (TPSA) is 70.2 Å². The molecule has 0 aromatic heterocycles. The van der Waals surface area contributed by atoms with Crippen molar-refractivity contribution < 1.29 is 22.3 Å². The number of carbonyl (C=O) groups excluding carboxylic acids is 1. The van der Waals surface area contributed by atoms with E-state index >= 15 is 0 Å². The lowest BCUT2D eigenvalue weighted by Crippen LogP contribution is -2.48. The summed E-state index contributed by atoms with van der Waals surface area (Å²) in [5, 5.41) is 0. The van der Waals surface area contributed by atoms with Crippen molar-refractivity contribution in [3.63, 3.8) is 0 Å². The van der Waals surface area contributed by atoms with Crippen molar-refractivity contribution in [1.82, 2.24) is 9.21 Å². The first kappa shape index (κ1) is 23.7. The Balaban J connectivity index is 1.44. The second-order valence-electron chi connectivity index (χ2n) is 8.47. The van der Waals surface area contributed by atoms with Gasteiger partial charge in [-0.15, -0.1) is 0 Å². The third kappa shape index (κ3) is 5.37. The number of halogens is 1. The molecule has 1 amide bonds. The summed E-state index contributed by atoms with van der Waals surface area (Å²) in [6.45, 7) is 6.12. The number of sulfonamides is 1. The van der Waals surface area contributed by atoms with Crippen LogP contribution in [0, 0.1) is 11.7 Å². The van der Waals surface area contributed by atoms with Crippen LogP contribution in [0.1, 0.15) is 23.7 Å². The number of hydrogen-bond donors (Lipinski definition) is 0. The molecule has 7 nitrogen and oxygen atoms in total. The van der Waals surface area contributed by atoms with Gasteiger partial charge < -0.3 is 14.5 Å². The molecule has 0 N–H and O–H groups in total. The van der Waals surface area contributed by atoms with Crippen LogP contribution >= 0.6 is 0 Å². The van der Waals surface area contributed by atoms with Gasteiger partial charge in [0.2, 0.25) is 10.0 Å². The number of ether oxygens (including phenoxy) is 1. The number of rotatable bonds is 7. The molecule has 2 fully saturated rings. The van der Waals surface area contributed by atoms with Crippen LogP contribution in [0.25, 0.3) is 0 Å². The molecule has 2 aliphatic heterocycles. The number of amides is 1. The zero-order valence-corrected chi connectivity index (χ0v) is 19.6. The van der Waals surface area contributed by atoms with Crippen LogP contribution in [0.2, 0.25) is 0 Å². The Morgan fingerprint density at radius 3 is 2.48 bits per heavy atom. The zero-order chi connectivity index (χ0) is 23.4. The fourth-order valence-corrected chi connectivity index (χ4v) is 5.82. The van der Waals surface area contributed by atoms with E-state index in [0.29, 0.717) is 57.4 Å². The molecule has 0 radical (unpaired) electrons. The number of benzene rings is 2. The molecular formula is C24H30FN3O4S. The van der Waals surface area contributed by atoms with Gasteiger partial charge in [0.1, 0.15) is 5.82 Å². The first-order chi connectivity index (χ1) is 15.9. The summed E-state index contributed by atoms with van der Waals surface area (Å²) in [5.74, 6) is -0.145. The molecule has 2 saturated heterocycles. The van der Waals surface area contributed by atoms with Crippen molar-refractivity contribution in [2.45, 2.75) is 18.2 Å². The summed E-state index contributed by atoms with van der Waals surface area (Å²) in [5.41, 5.74) is 1.25. The SMILES string of the molecule is CCN(CC1CCOC1)C(=O)c1cccc(S(=O)(=O)N2CCN(c3ccc(F)cc3)CC2)c1. The second kappa shape index (κ2) is 10.2. The summed E-state index contributed by atoms with van der Waals surface area (Å²) in [7, 11) is -3.73. The monoisotopic (exact) mass is 475 g/mol. The quantitative estimate of drug-likeness (QED) is 0.616. The molecule has 2 heterocycles. The molecule has 1 unspecified atom stereocenters. The average molecular weight is 476 g/mol. The van der Waals surface area contributed by atoms with Crippen LogP contribution in [-0.2, 0) is 14.8 Å². The molecule has 4 rings (SSSR count). The van der Waals surface area contributed by atoms with Crippen LogP contribution in [0.3, 0.4) is 0 Å². The summed E-state index contributed by atoms with van der Waals surface area (Å²) in [4.78, 5) is 17.0. The third-order valence-corrected chi connectivity index (χ3v) is 8.22. The van der Waals surface area contributed by atoms with Gasteiger partial charge in [0.25, 0.3) is 5.91 Å². The largest absolute Gasteiger partial charge is 0.381 e. The fourth-order valence-electron chi connectivity index (χ4n) is 4.35. The third-order valence-electron chi connectivity index (χ3n) is 6.32. The molecule has 1 atom stereocenters. The molecule has 33 heavy (non-hydrogen) atoms. The minimum absolute atomic E-state index is 0.129. The van der Waals surface area contributed by atoms with Crippen LogP contribution < -0.4 is 4.90 Å². The summed E-state index contributed by atoms with van der Waals surface area (Å²) >= 11 is 0. The predicted octanol–water partition coefficient (Wildman–Crippen LogP) is 2.84. The van der Waals surface area contributed by atoms with Crippen molar-refractivity contribution in [3.8, 4) is 0 Å². The number of nitrogens with zero attached hydrogens (tertiary/aromatic N) is 3. The Morgan fingerprint density at radius 2 is 1.85 bits per heavy atom. The summed E-state index contributed by atoms with van der Waals surface area (Å²) < 4.78 is 46.6. The van der Waals surface area contributed by atoms with Crippen LogP contribution in [0.4, 0.5) is 10.1 Å². The molecule has 9 heteroatoms. The molecule has 2 aliphatic rings. The first-order valence-electron chi connectivity index (χ1n) is 11.4. The summed E-state index contributed by atoms with van der Waals surface area (Å²) in [6.07, 6.45) is 0.933. The van der Waals surface area contributed by atoms with E-state index in [1.54, 1.807) is 35.2 Å². The Morgan fingerprint density at radius 1 is 1.12 bits per heavy atom. The van der Waals surface area contributed by atoms with Gasteiger partial charge >= 0.3 is 0 Å². The number of anilines is 1. The minimum atomic E-state index is -3.73. The van der Waals surface area contributed by atoms with E-state index in [1.165, 1.54) is 22.5 Å². The van der Waals surface area contributed by atoms with Crippen molar-refractivity contribution in [3.05, 3.63) is 59.9 Å². The van der Waals surface area contributed by atoms with Gasteiger partial charge in [0.05, 0.1) is 11.5 Å². The number of carbonyl (C=O) groups is 1. The minimum Gasteiger partial charge on any atom is -0.381 e. The normalized spacial score (nSPS) is 19.6. The van der Waals surface area contributed by atoms with Gasteiger partial charge in [0.15, 0.2) is 0 Å².